The third-order valence-corrected chi connectivity index (χ3v) is 8.09. The van der Waals surface area contributed by atoms with Crippen LogP contribution in [0.15, 0.2) is 35.4 Å². The molecule has 0 spiro atoms. The highest BCUT2D eigenvalue weighted by Gasteiger charge is 2.32. The standard InChI is InChI=1S/C25H29ClN6O4S/c1-16-6-8-19(9-7-16)37(34,35)32-15-17(14-27)20-21(28-23(26)29-22(20)32)31-12-10-18(11-13-31)30(5)24(33)36-25(2,3)4/h6-9,15,18H,10-13H2,1-5H3. The van der Waals surface area contributed by atoms with Gasteiger partial charge in [-0.15, -0.1) is 0 Å². The van der Waals surface area contributed by atoms with Gasteiger partial charge in [-0.25, -0.2) is 17.2 Å². The molecule has 37 heavy (non-hydrogen) atoms. The highest BCUT2D eigenvalue weighted by atomic mass is 35.5. The van der Waals surface area contributed by atoms with E-state index in [0.29, 0.717) is 37.1 Å². The maximum Gasteiger partial charge on any atom is 0.410 e. The van der Waals surface area contributed by atoms with Crippen LogP contribution in [-0.4, -0.2) is 65.1 Å². The third kappa shape index (κ3) is 5.36. The van der Waals surface area contributed by atoms with Gasteiger partial charge in [0, 0.05) is 32.4 Å². The van der Waals surface area contributed by atoms with Crippen LogP contribution in [-0.2, 0) is 14.8 Å². The highest BCUT2D eigenvalue weighted by Crippen LogP contribution is 2.34. The number of aromatic nitrogens is 3. The zero-order valence-electron chi connectivity index (χ0n) is 21.4. The number of aryl methyl sites for hydroxylation is 1. The van der Waals surface area contributed by atoms with Crippen molar-refractivity contribution in [2.45, 2.75) is 57.1 Å². The van der Waals surface area contributed by atoms with Crippen molar-refractivity contribution in [3.8, 4) is 6.07 Å². The molecule has 2 aromatic heterocycles. The van der Waals surface area contributed by atoms with Gasteiger partial charge in [-0.1, -0.05) is 17.7 Å². The number of ether oxygens (including phenoxy) is 1. The summed E-state index contributed by atoms with van der Waals surface area (Å²) >= 11 is 6.26. The smallest absolute Gasteiger partial charge is 0.410 e. The van der Waals surface area contributed by atoms with E-state index in [9.17, 15) is 18.5 Å². The van der Waals surface area contributed by atoms with Crippen LogP contribution in [0.3, 0.4) is 0 Å². The van der Waals surface area contributed by atoms with Crippen LogP contribution in [0.5, 0.6) is 0 Å². The van der Waals surface area contributed by atoms with Crippen molar-refractivity contribution in [2.75, 3.05) is 25.0 Å². The lowest BCUT2D eigenvalue weighted by molar-refractivity contribution is 0.0201. The Morgan fingerprint density at radius 3 is 2.38 bits per heavy atom. The van der Waals surface area contributed by atoms with Gasteiger partial charge in [-0.05, 0) is 64.3 Å². The van der Waals surface area contributed by atoms with Crippen molar-refractivity contribution in [3.63, 3.8) is 0 Å². The highest BCUT2D eigenvalue weighted by molar-refractivity contribution is 7.90. The molecule has 10 nitrogen and oxygen atoms in total. The molecule has 0 atom stereocenters. The summed E-state index contributed by atoms with van der Waals surface area (Å²) in [5.74, 6) is 0.391. The van der Waals surface area contributed by atoms with Crippen LogP contribution >= 0.6 is 11.6 Å². The monoisotopic (exact) mass is 544 g/mol. The van der Waals surface area contributed by atoms with Crippen LogP contribution in [0.1, 0.15) is 44.7 Å². The minimum Gasteiger partial charge on any atom is -0.444 e. The topological polar surface area (TPSA) is 121 Å². The van der Waals surface area contributed by atoms with Gasteiger partial charge < -0.3 is 14.5 Å². The number of fused-ring (bicyclic) bond motifs is 1. The van der Waals surface area contributed by atoms with Gasteiger partial charge in [0.25, 0.3) is 10.0 Å². The summed E-state index contributed by atoms with van der Waals surface area (Å²) < 4.78 is 33.4. The lowest BCUT2D eigenvalue weighted by atomic mass is 10.0. The molecule has 1 amide bonds. The SMILES string of the molecule is Cc1ccc(S(=O)(=O)n2cc(C#N)c3c(N4CCC(N(C)C(=O)OC(C)(C)C)CC4)nc(Cl)nc32)cc1. The number of rotatable bonds is 4. The minimum absolute atomic E-state index is 0.0409. The number of hydrogen-bond acceptors (Lipinski definition) is 8. The normalized spacial score (nSPS) is 15.0. The maximum absolute atomic E-state index is 13.5. The van der Waals surface area contributed by atoms with E-state index in [1.165, 1.54) is 18.3 Å². The molecule has 0 N–H and O–H groups in total. The lowest BCUT2D eigenvalue weighted by Gasteiger charge is -2.37. The van der Waals surface area contributed by atoms with Gasteiger partial charge in [-0.3, -0.25) is 0 Å². The fraction of sp³-hybridized carbons (Fsp3) is 0.440. The maximum atomic E-state index is 13.5. The molecule has 196 valence electrons. The summed E-state index contributed by atoms with van der Waals surface area (Å²) in [5.41, 5.74) is 0.502. The number of anilines is 1. The van der Waals surface area contributed by atoms with E-state index in [-0.39, 0.29) is 33.5 Å². The predicted octanol–water partition coefficient (Wildman–Crippen LogP) is 4.34. The van der Waals surface area contributed by atoms with Crippen LogP contribution in [0.4, 0.5) is 10.6 Å². The number of hydrogen-bond donors (Lipinski definition) is 0. The van der Waals surface area contributed by atoms with E-state index >= 15 is 0 Å². The van der Waals surface area contributed by atoms with Gasteiger partial charge in [0.15, 0.2) is 5.65 Å². The average molecular weight is 545 g/mol. The van der Waals surface area contributed by atoms with Crippen LogP contribution < -0.4 is 4.90 Å². The fourth-order valence-corrected chi connectivity index (χ4v) is 5.79. The number of amides is 1. The van der Waals surface area contributed by atoms with Crippen LogP contribution in [0.25, 0.3) is 11.0 Å². The molecule has 1 fully saturated rings. The summed E-state index contributed by atoms with van der Waals surface area (Å²) in [6.07, 6.45) is 2.13. The first-order valence-electron chi connectivity index (χ1n) is 11.8. The molecular formula is C25H29ClN6O4S. The Morgan fingerprint density at radius 1 is 1.19 bits per heavy atom. The Hall–Kier alpha value is -3.36. The Kier molecular flexibility index (Phi) is 7.10. The Bertz CT molecular complexity index is 1480. The molecule has 0 radical (unpaired) electrons. The average Bonchev–Trinajstić information content (AvgIpc) is 3.21. The third-order valence-electron chi connectivity index (χ3n) is 6.26. The summed E-state index contributed by atoms with van der Waals surface area (Å²) in [6, 6.07) is 8.47. The Morgan fingerprint density at radius 2 is 1.81 bits per heavy atom. The van der Waals surface area contributed by atoms with E-state index in [1.54, 1.807) is 24.1 Å². The molecule has 0 bridgehead atoms. The number of nitrogens with zero attached hydrogens (tertiary/aromatic N) is 6. The van der Waals surface area contributed by atoms with Crippen molar-refractivity contribution >= 4 is 44.6 Å². The summed E-state index contributed by atoms with van der Waals surface area (Å²) in [7, 11) is -2.32. The zero-order valence-corrected chi connectivity index (χ0v) is 23.0. The molecule has 0 unspecified atom stereocenters. The van der Waals surface area contributed by atoms with Crippen molar-refractivity contribution in [1.29, 1.82) is 5.26 Å². The predicted molar refractivity (Wildman–Crippen MR) is 140 cm³/mol. The lowest BCUT2D eigenvalue weighted by Crippen LogP contribution is -2.47. The molecular weight excluding hydrogens is 516 g/mol. The van der Waals surface area contributed by atoms with Gasteiger partial charge in [0.05, 0.1) is 15.8 Å². The van der Waals surface area contributed by atoms with E-state index in [0.717, 1.165) is 9.54 Å². The zero-order chi connectivity index (χ0) is 27.1. The van der Waals surface area contributed by atoms with Crippen molar-refractivity contribution in [1.82, 2.24) is 18.8 Å². The largest absolute Gasteiger partial charge is 0.444 e. The van der Waals surface area contributed by atoms with Gasteiger partial charge in [0.1, 0.15) is 17.5 Å². The summed E-state index contributed by atoms with van der Waals surface area (Å²) in [6.45, 7) is 8.36. The molecule has 3 heterocycles. The molecule has 0 aliphatic carbocycles. The Labute approximate surface area is 221 Å². The fourth-order valence-electron chi connectivity index (χ4n) is 4.32. The molecule has 1 saturated heterocycles. The van der Waals surface area contributed by atoms with Gasteiger partial charge in [-0.2, -0.15) is 15.2 Å². The van der Waals surface area contributed by atoms with E-state index < -0.39 is 15.6 Å². The molecule has 4 rings (SSSR count). The van der Waals surface area contributed by atoms with Gasteiger partial charge in [0.2, 0.25) is 5.28 Å². The molecule has 3 aromatic rings. The van der Waals surface area contributed by atoms with Crippen LogP contribution in [0.2, 0.25) is 5.28 Å². The van der Waals surface area contributed by atoms with E-state index in [2.05, 4.69) is 16.0 Å². The van der Waals surface area contributed by atoms with E-state index in [1.807, 2.05) is 32.6 Å². The van der Waals surface area contributed by atoms with Gasteiger partial charge >= 0.3 is 6.09 Å². The first-order chi connectivity index (χ1) is 17.3. The molecule has 1 aromatic carbocycles. The minimum atomic E-state index is -4.04. The second-order valence-corrected chi connectivity index (χ2v) is 12.2. The number of halogens is 1. The molecule has 12 heteroatoms. The molecule has 1 aliphatic rings. The number of nitriles is 1. The quantitative estimate of drug-likeness (QED) is 0.445. The molecule has 0 saturated carbocycles. The Balaban J connectivity index is 1.67. The first-order valence-corrected chi connectivity index (χ1v) is 13.7. The van der Waals surface area contributed by atoms with Crippen LogP contribution in [0, 0.1) is 18.3 Å². The number of piperidine rings is 1. The van der Waals surface area contributed by atoms with Crippen molar-refractivity contribution < 1.29 is 17.9 Å². The van der Waals surface area contributed by atoms with E-state index in [4.69, 9.17) is 16.3 Å². The second-order valence-electron chi connectivity index (χ2n) is 10.1. The number of benzene rings is 1. The first kappa shape index (κ1) is 26.7. The second kappa shape index (κ2) is 9.84. The molecule has 1 aliphatic heterocycles. The van der Waals surface area contributed by atoms with Crippen molar-refractivity contribution in [2.24, 2.45) is 0 Å². The number of carbonyl (C=O) groups is 1. The summed E-state index contributed by atoms with van der Waals surface area (Å²) in [4.78, 5) is 24.7. The number of carbonyl (C=O) groups excluding carboxylic acids is 1. The summed E-state index contributed by atoms with van der Waals surface area (Å²) in [5, 5.41) is 10.1. The van der Waals surface area contributed by atoms with Crippen molar-refractivity contribution in [3.05, 3.63) is 46.9 Å².